The number of rotatable bonds is 6. The Balaban J connectivity index is 1.44. The molecule has 9 nitrogen and oxygen atoms in total. The Morgan fingerprint density at radius 2 is 1.81 bits per heavy atom. The molecule has 188 valence electrons. The molecule has 3 aromatic rings. The third-order valence-corrected chi connectivity index (χ3v) is 9.00. The lowest BCUT2D eigenvalue weighted by Crippen LogP contribution is -2.34. The van der Waals surface area contributed by atoms with Gasteiger partial charge in [-0.3, -0.25) is 14.9 Å². The lowest BCUT2D eigenvalue weighted by molar-refractivity contribution is -0.385. The summed E-state index contributed by atoms with van der Waals surface area (Å²) in [6, 6.07) is 13.1. The van der Waals surface area contributed by atoms with Gasteiger partial charge < -0.3 is 9.47 Å². The van der Waals surface area contributed by atoms with E-state index in [4.69, 9.17) is 0 Å². The number of benzene rings is 2. The van der Waals surface area contributed by atoms with Crippen LogP contribution in [0.25, 0.3) is 16.5 Å². The Kier molecular flexibility index (Phi) is 6.40. The van der Waals surface area contributed by atoms with Crippen molar-refractivity contribution in [3.8, 4) is 0 Å². The zero-order valence-electron chi connectivity index (χ0n) is 20.1. The summed E-state index contributed by atoms with van der Waals surface area (Å²) in [6.45, 7) is 4.36. The van der Waals surface area contributed by atoms with Crippen LogP contribution < -0.4 is 0 Å². The number of amides is 1. The second-order valence-corrected chi connectivity index (χ2v) is 11.2. The summed E-state index contributed by atoms with van der Waals surface area (Å²) in [5, 5.41) is 12.1. The molecule has 2 aliphatic rings. The van der Waals surface area contributed by atoms with Crippen molar-refractivity contribution in [2.24, 2.45) is 0 Å². The minimum Gasteiger partial charge on any atom is -0.341 e. The van der Waals surface area contributed by atoms with Crippen LogP contribution in [0.4, 0.5) is 5.69 Å². The van der Waals surface area contributed by atoms with Crippen LogP contribution in [0.2, 0.25) is 0 Å². The Labute approximate surface area is 209 Å². The number of fused-ring (bicyclic) bond motifs is 1. The van der Waals surface area contributed by atoms with E-state index in [-0.39, 0.29) is 36.1 Å². The Bertz CT molecular complexity index is 1490. The molecule has 3 heterocycles. The fourth-order valence-corrected chi connectivity index (χ4v) is 6.67. The SMILES string of the molecule is Cc1c(C2=CCN(S(=O)(=O)c3cccc([N+](=O)[O-])c3)CC2)c2ccccc2n1CC(=O)N1CCCC1. The summed E-state index contributed by atoms with van der Waals surface area (Å²) in [7, 11) is -3.87. The fourth-order valence-electron chi connectivity index (χ4n) is 5.24. The van der Waals surface area contributed by atoms with Gasteiger partial charge in [-0.15, -0.1) is 0 Å². The molecule has 1 amide bonds. The van der Waals surface area contributed by atoms with Gasteiger partial charge in [0.15, 0.2) is 0 Å². The molecule has 2 aliphatic heterocycles. The van der Waals surface area contributed by atoms with Crippen LogP contribution in [0.1, 0.15) is 30.5 Å². The van der Waals surface area contributed by atoms with Gasteiger partial charge in [-0.2, -0.15) is 4.31 Å². The number of carbonyl (C=O) groups excluding carboxylic acids is 1. The molecule has 0 aliphatic carbocycles. The normalized spacial score (nSPS) is 16.9. The van der Waals surface area contributed by atoms with Crippen molar-refractivity contribution in [3.05, 3.63) is 76.0 Å². The van der Waals surface area contributed by atoms with E-state index in [1.54, 1.807) is 0 Å². The zero-order valence-corrected chi connectivity index (χ0v) is 20.9. The number of aromatic nitrogens is 1. The maximum atomic E-state index is 13.2. The number of sulfonamides is 1. The minimum atomic E-state index is -3.87. The predicted molar refractivity (Wildman–Crippen MR) is 137 cm³/mol. The van der Waals surface area contributed by atoms with Gasteiger partial charge in [-0.1, -0.05) is 30.3 Å². The van der Waals surface area contributed by atoms with Gasteiger partial charge in [-0.25, -0.2) is 8.42 Å². The highest BCUT2D eigenvalue weighted by Gasteiger charge is 2.29. The molecule has 0 spiro atoms. The topological polar surface area (TPSA) is 106 Å². The van der Waals surface area contributed by atoms with Crippen molar-refractivity contribution in [1.29, 1.82) is 0 Å². The standard InChI is InChI=1S/C26H28N4O5S/c1-19-26(23-9-2-3-10-24(23)29(19)18-25(31)27-13-4-5-14-27)20-11-15-28(16-12-20)36(34,35)22-8-6-7-21(17-22)30(32)33/h2-3,6-11,17H,4-5,12-16,18H2,1H3. The lowest BCUT2D eigenvalue weighted by Gasteiger charge is -2.26. The zero-order chi connectivity index (χ0) is 25.4. The number of likely N-dealkylation sites (tertiary alicyclic amines) is 1. The van der Waals surface area contributed by atoms with Crippen LogP contribution in [0, 0.1) is 17.0 Å². The highest BCUT2D eigenvalue weighted by atomic mass is 32.2. The van der Waals surface area contributed by atoms with Gasteiger partial charge in [0.2, 0.25) is 15.9 Å². The number of hydrogen-bond donors (Lipinski definition) is 0. The van der Waals surface area contributed by atoms with Crippen molar-refractivity contribution in [1.82, 2.24) is 13.8 Å². The third kappa shape index (κ3) is 4.31. The average molecular weight is 509 g/mol. The number of nitro groups is 1. The van der Waals surface area contributed by atoms with Gasteiger partial charge >= 0.3 is 0 Å². The summed E-state index contributed by atoms with van der Waals surface area (Å²) in [5.41, 5.74) is 3.82. The second kappa shape index (κ2) is 9.51. The Hall–Kier alpha value is -3.50. The minimum absolute atomic E-state index is 0.0817. The molecule has 1 aromatic heterocycles. The molecule has 5 rings (SSSR count). The maximum Gasteiger partial charge on any atom is 0.270 e. The van der Waals surface area contributed by atoms with Crippen molar-refractivity contribution >= 4 is 38.1 Å². The molecule has 0 atom stereocenters. The highest BCUT2D eigenvalue weighted by molar-refractivity contribution is 7.89. The van der Waals surface area contributed by atoms with E-state index in [0.717, 1.165) is 59.7 Å². The summed E-state index contributed by atoms with van der Waals surface area (Å²) in [6.07, 6.45) is 4.51. The van der Waals surface area contributed by atoms with Crippen LogP contribution in [0.15, 0.2) is 59.5 Å². The number of hydrogen-bond acceptors (Lipinski definition) is 5. The molecule has 10 heteroatoms. The Morgan fingerprint density at radius 3 is 2.50 bits per heavy atom. The number of carbonyl (C=O) groups is 1. The molecular weight excluding hydrogens is 480 g/mol. The first-order chi connectivity index (χ1) is 17.3. The summed E-state index contributed by atoms with van der Waals surface area (Å²) in [4.78, 5) is 25.3. The molecule has 0 unspecified atom stereocenters. The first-order valence-electron chi connectivity index (χ1n) is 12.1. The van der Waals surface area contributed by atoms with Gasteiger partial charge in [0.05, 0.1) is 9.82 Å². The second-order valence-electron chi connectivity index (χ2n) is 9.25. The average Bonchev–Trinajstić information content (AvgIpc) is 3.52. The molecule has 36 heavy (non-hydrogen) atoms. The summed E-state index contributed by atoms with van der Waals surface area (Å²) in [5.74, 6) is 0.120. The van der Waals surface area contributed by atoms with E-state index < -0.39 is 14.9 Å². The van der Waals surface area contributed by atoms with E-state index in [9.17, 15) is 23.3 Å². The van der Waals surface area contributed by atoms with Crippen molar-refractivity contribution < 1.29 is 18.1 Å². The first kappa shape index (κ1) is 24.2. The maximum absolute atomic E-state index is 13.2. The smallest absolute Gasteiger partial charge is 0.270 e. The summed E-state index contributed by atoms with van der Waals surface area (Å²) < 4.78 is 29.7. The molecule has 2 aromatic carbocycles. The number of nitrogens with zero attached hydrogens (tertiary/aromatic N) is 4. The van der Waals surface area contributed by atoms with E-state index in [0.29, 0.717) is 6.42 Å². The Morgan fingerprint density at radius 1 is 1.06 bits per heavy atom. The van der Waals surface area contributed by atoms with E-state index >= 15 is 0 Å². The fraction of sp³-hybridized carbons (Fsp3) is 0.346. The third-order valence-electron chi connectivity index (χ3n) is 7.14. The van der Waals surface area contributed by atoms with E-state index in [2.05, 4.69) is 4.57 Å². The largest absolute Gasteiger partial charge is 0.341 e. The molecule has 0 bridgehead atoms. The van der Waals surface area contributed by atoms with Crippen LogP contribution in [0.3, 0.4) is 0 Å². The summed E-state index contributed by atoms with van der Waals surface area (Å²) >= 11 is 0. The van der Waals surface area contributed by atoms with Crippen LogP contribution in [-0.4, -0.2) is 59.2 Å². The van der Waals surface area contributed by atoms with Gasteiger partial charge in [-0.05, 0) is 43.9 Å². The van der Waals surface area contributed by atoms with Crippen LogP contribution in [-0.2, 0) is 21.4 Å². The van der Waals surface area contributed by atoms with Gasteiger partial charge in [0, 0.05) is 60.5 Å². The number of para-hydroxylation sites is 1. The molecule has 1 saturated heterocycles. The highest BCUT2D eigenvalue weighted by Crippen LogP contribution is 2.35. The van der Waals surface area contributed by atoms with Crippen LogP contribution >= 0.6 is 0 Å². The number of nitro benzene ring substituents is 1. The van der Waals surface area contributed by atoms with Crippen LogP contribution in [0.5, 0.6) is 0 Å². The molecule has 0 saturated carbocycles. The number of non-ortho nitro benzene ring substituents is 1. The molecule has 0 N–H and O–H groups in total. The van der Waals surface area contributed by atoms with Gasteiger partial charge in [0.25, 0.3) is 5.69 Å². The molecule has 0 radical (unpaired) electrons. The van der Waals surface area contributed by atoms with Gasteiger partial charge in [0.1, 0.15) is 6.54 Å². The lowest BCUT2D eigenvalue weighted by atomic mass is 9.97. The van der Waals surface area contributed by atoms with Crippen molar-refractivity contribution in [2.75, 3.05) is 26.2 Å². The first-order valence-corrected chi connectivity index (χ1v) is 13.5. The van der Waals surface area contributed by atoms with E-state index in [1.807, 2.05) is 42.2 Å². The van der Waals surface area contributed by atoms with E-state index in [1.165, 1.54) is 22.5 Å². The molecular formula is C26H28N4O5S. The van der Waals surface area contributed by atoms with Crippen molar-refractivity contribution in [2.45, 2.75) is 37.6 Å². The quantitative estimate of drug-likeness (QED) is 0.370. The molecule has 1 fully saturated rings. The predicted octanol–water partition coefficient (Wildman–Crippen LogP) is 3.96. The van der Waals surface area contributed by atoms with Crippen molar-refractivity contribution in [3.63, 3.8) is 0 Å². The monoisotopic (exact) mass is 508 g/mol.